The van der Waals surface area contributed by atoms with Gasteiger partial charge in [0.25, 0.3) is 5.91 Å². The van der Waals surface area contributed by atoms with E-state index in [-0.39, 0.29) is 18.9 Å². The van der Waals surface area contributed by atoms with Gasteiger partial charge in [0, 0.05) is 42.6 Å². The summed E-state index contributed by atoms with van der Waals surface area (Å²) >= 11 is 0. The van der Waals surface area contributed by atoms with Crippen LogP contribution in [0.4, 0.5) is 0 Å². The number of benzene rings is 2. The van der Waals surface area contributed by atoms with E-state index in [1.54, 1.807) is 19.4 Å². The topological polar surface area (TPSA) is 110 Å². The molecule has 3 rings (SSSR count). The van der Waals surface area contributed by atoms with Crippen LogP contribution in [0.5, 0.6) is 5.75 Å². The third kappa shape index (κ3) is 5.85. The minimum Gasteiger partial charge on any atom is -0.496 e. The third-order valence-electron chi connectivity index (χ3n) is 4.78. The van der Waals surface area contributed by atoms with Crippen LogP contribution in [0.3, 0.4) is 0 Å². The Kier molecular flexibility index (Phi) is 7.26. The molecule has 3 N–H and O–H groups in total. The van der Waals surface area contributed by atoms with Gasteiger partial charge in [0.05, 0.1) is 7.11 Å². The molecule has 2 aromatic carbocycles. The second kappa shape index (κ2) is 10.3. The second-order valence-corrected chi connectivity index (χ2v) is 7.01. The van der Waals surface area contributed by atoms with Gasteiger partial charge in [-0.25, -0.2) is 4.79 Å². The Morgan fingerprint density at radius 2 is 1.77 bits per heavy atom. The summed E-state index contributed by atoms with van der Waals surface area (Å²) in [5.74, 6) is -0.826. The third-order valence-corrected chi connectivity index (χ3v) is 4.78. The van der Waals surface area contributed by atoms with Gasteiger partial charge in [-0.3, -0.25) is 9.59 Å². The molecule has 1 atom stereocenters. The number of rotatable bonds is 9. The summed E-state index contributed by atoms with van der Waals surface area (Å²) in [6, 6.07) is 14.1. The van der Waals surface area contributed by atoms with Crippen molar-refractivity contribution in [3.05, 3.63) is 65.9 Å². The molecular weight excluding hydrogens is 398 g/mol. The standard InChI is InChI=1S/C23H25N3O5/c1-15(27)26-20(11-17-13-24-19-9-5-4-8-18(17)19)23(29)31-14-22(28)25-12-16-7-3-6-10-21(16)30-2/h3-10,13,20,24H,11-12,14H2,1-2H3,(H,25,28)(H,26,27)/t20-/m0/s1. The van der Waals surface area contributed by atoms with E-state index in [9.17, 15) is 14.4 Å². The number of hydrogen-bond donors (Lipinski definition) is 3. The predicted octanol–water partition coefficient (Wildman–Crippen LogP) is 2.08. The molecule has 0 spiro atoms. The number of carbonyl (C=O) groups is 3. The fraction of sp³-hybridized carbons (Fsp3) is 0.261. The van der Waals surface area contributed by atoms with Crippen molar-refractivity contribution in [3.63, 3.8) is 0 Å². The molecule has 3 aromatic rings. The van der Waals surface area contributed by atoms with Gasteiger partial charge in [0.1, 0.15) is 11.8 Å². The number of nitrogens with one attached hydrogen (secondary N) is 3. The maximum Gasteiger partial charge on any atom is 0.329 e. The van der Waals surface area contributed by atoms with Gasteiger partial charge in [-0.1, -0.05) is 36.4 Å². The number of amides is 2. The van der Waals surface area contributed by atoms with Crippen molar-refractivity contribution in [2.45, 2.75) is 25.9 Å². The highest BCUT2D eigenvalue weighted by Gasteiger charge is 2.23. The van der Waals surface area contributed by atoms with Crippen LogP contribution in [0.1, 0.15) is 18.1 Å². The van der Waals surface area contributed by atoms with E-state index in [2.05, 4.69) is 15.6 Å². The molecule has 1 heterocycles. The molecular formula is C23H25N3O5. The second-order valence-electron chi connectivity index (χ2n) is 7.01. The average molecular weight is 423 g/mol. The number of H-pyrrole nitrogens is 1. The Labute approximate surface area is 179 Å². The summed E-state index contributed by atoms with van der Waals surface area (Å²) in [6.45, 7) is 1.12. The van der Waals surface area contributed by atoms with Gasteiger partial charge in [0.15, 0.2) is 6.61 Å². The van der Waals surface area contributed by atoms with Crippen molar-refractivity contribution in [2.75, 3.05) is 13.7 Å². The first kappa shape index (κ1) is 21.9. The number of hydrogen-bond acceptors (Lipinski definition) is 5. The number of para-hydroxylation sites is 2. The van der Waals surface area contributed by atoms with E-state index in [1.807, 2.05) is 42.5 Å². The van der Waals surface area contributed by atoms with Crippen LogP contribution in [0.25, 0.3) is 10.9 Å². The Bertz CT molecular complexity index is 1080. The van der Waals surface area contributed by atoms with Crippen molar-refractivity contribution in [2.24, 2.45) is 0 Å². The zero-order valence-corrected chi connectivity index (χ0v) is 17.4. The predicted molar refractivity (Wildman–Crippen MR) is 115 cm³/mol. The van der Waals surface area contributed by atoms with Crippen LogP contribution in [-0.4, -0.2) is 42.5 Å². The van der Waals surface area contributed by atoms with Crippen molar-refractivity contribution in [1.29, 1.82) is 0 Å². The molecule has 0 aliphatic rings. The Morgan fingerprint density at radius 3 is 2.55 bits per heavy atom. The number of ether oxygens (including phenoxy) is 2. The smallest absolute Gasteiger partial charge is 0.329 e. The molecule has 0 unspecified atom stereocenters. The number of aromatic nitrogens is 1. The van der Waals surface area contributed by atoms with Gasteiger partial charge in [-0.05, 0) is 17.7 Å². The Morgan fingerprint density at radius 1 is 1.03 bits per heavy atom. The molecule has 0 saturated heterocycles. The lowest BCUT2D eigenvalue weighted by Gasteiger charge is -2.16. The molecule has 2 amide bonds. The van der Waals surface area contributed by atoms with Crippen molar-refractivity contribution >= 4 is 28.7 Å². The molecule has 31 heavy (non-hydrogen) atoms. The van der Waals surface area contributed by atoms with Crippen LogP contribution in [0, 0.1) is 0 Å². The largest absolute Gasteiger partial charge is 0.496 e. The molecule has 162 valence electrons. The quantitative estimate of drug-likeness (QED) is 0.457. The van der Waals surface area contributed by atoms with Gasteiger partial charge in [-0.15, -0.1) is 0 Å². The summed E-state index contributed by atoms with van der Waals surface area (Å²) in [5.41, 5.74) is 2.61. The van der Waals surface area contributed by atoms with E-state index in [4.69, 9.17) is 9.47 Å². The summed E-state index contributed by atoms with van der Waals surface area (Å²) in [6.07, 6.45) is 2.04. The molecule has 0 saturated carbocycles. The lowest BCUT2D eigenvalue weighted by atomic mass is 10.0. The van der Waals surface area contributed by atoms with E-state index in [0.717, 1.165) is 22.0 Å². The summed E-state index contributed by atoms with van der Waals surface area (Å²) in [7, 11) is 1.55. The molecule has 0 fully saturated rings. The number of carbonyl (C=O) groups excluding carboxylic acids is 3. The highest BCUT2D eigenvalue weighted by molar-refractivity contribution is 5.88. The molecule has 1 aromatic heterocycles. The summed E-state index contributed by atoms with van der Waals surface area (Å²) < 4.78 is 10.4. The van der Waals surface area contributed by atoms with Crippen molar-refractivity contribution < 1.29 is 23.9 Å². The summed E-state index contributed by atoms with van der Waals surface area (Å²) in [5, 5.41) is 6.25. The molecule has 0 radical (unpaired) electrons. The lowest BCUT2D eigenvalue weighted by molar-refractivity contribution is -0.151. The minimum atomic E-state index is -0.904. The van der Waals surface area contributed by atoms with E-state index < -0.39 is 24.5 Å². The monoisotopic (exact) mass is 423 g/mol. The first-order valence-electron chi connectivity index (χ1n) is 9.85. The fourth-order valence-corrected chi connectivity index (χ4v) is 3.29. The SMILES string of the molecule is COc1ccccc1CNC(=O)COC(=O)[C@H](Cc1c[nH]c2ccccc12)NC(C)=O. The number of methoxy groups -OCH3 is 1. The lowest BCUT2D eigenvalue weighted by Crippen LogP contribution is -2.43. The number of esters is 1. The van der Waals surface area contributed by atoms with E-state index >= 15 is 0 Å². The average Bonchev–Trinajstić information content (AvgIpc) is 3.18. The van der Waals surface area contributed by atoms with Crippen molar-refractivity contribution in [1.82, 2.24) is 15.6 Å². The molecule has 8 nitrogen and oxygen atoms in total. The number of aromatic amines is 1. The highest BCUT2D eigenvalue weighted by Crippen LogP contribution is 2.19. The first-order chi connectivity index (χ1) is 15.0. The minimum absolute atomic E-state index is 0.241. The van der Waals surface area contributed by atoms with Crippen LogP contribution in [0.2, 0.25) is 0 Å². The normalized spacial score (nSPS) is 11.5. The number of fused-ring (bicyclic) bond motifs is 1. The molecule has 0 bridgehead atoms. The molecule has 0 aliphatic heterocycles. The van der Waals surface area contributed by atoms with Gasteiger partial charge < -0.3 is 25.1 Å². The van der Waals surface area contributed by atoms with E-state index in [0.29, 0.717) is 5.75 Å². The van der Waals surface area contributed by atoms with Crippen LogP contribution >= 0.6 is 0 Å². The van der Waals surface area contributed by atoms with Crippen LogP contribution < -0.4 is 15.4 Å². The van der Waals surface area contributed by atoms with Crippen LogP contribution in [0.15, 0.2) is 54.7 Å². The van der Waals surface area contributed by atoms with E-state index in [1.165, 1.54) is 6.92 Å². The van der Waals surface area contributed by atoms with Gasteiger partial charge in [-0.2, -0.15) is 0 Å². The maximum absolute atomic E-state index is 12.6. The van der Waals surface area contributed by atoms with Gasteiger partial charge >= 0.3 is 5.97 Å². The zero-order valence-electron chi connectivity index (χ0n) is 17.4. The highest BCUT2D eigenvalue weighted by atomic mass is 16.5. The van der Waals surface area contributed by atoms with Crippen molar-refractivity contribution in [3.8, 4) is 5.75 Å². The molecule has 0 aliphatic carbocycles. The summed E-state index contributed by atoms with van der Waals surface area (Å²) in [4.78, 5) is 39.4. The maximum atomic E-state index is 12.6. The Hall–Kier alpha value is -3.81. The Balaban J connectivity index is 1.57. The fourth-order valence-electron chi connectivity index (χ4n) is 3.29. The zero-order chi connectivity index (χ0) is 22.2. The molecule has 8 heteroatoms. The van der Waals surface area contributed by atoms with Crippen LogP contribution in [-0.2, 0) is 32.1 Å². The first-order valence-corrected chi connectivity index (χ1v) is 9.85. The van der Waals surface area contributed by atoms with Gasteiger partial charge in [0.2, 0.25) is 5.91 Å².